The molecule has 228 valence electrons. The highest BCUT2D eigenvalue weighted by molar-refractivity contribution is 7.10. The Bertz CT molecular complexity index is 1340. The molecular formula is C34H43N5O3S. The molecule has 43 heavy (non-hydrogen) atoms. The van der Waals surface area contributed by atoms with E-state index in [2.05, 4.69) is 44.5 Å². The van der Waals surface area contributed by atoms with Crippen molar-refractivity contribution in [3.8, 4) is 11.3 Å². The van der Waals surface area contributed by atoms with Gasteiger partial charge in [0.15, 0.2) is 0 Å². The lowest BCUT2D eigenvalue weighted by Crippen LogP contribution is -2.56. The average Bonchev–Trinajstić information content (AvgIpc) is 3.73. The maximum atomic E-state index is 14.1. The van der Waals surface area contributed by atoms with E-state index in [4.69, 9.17) is 0 Å². The molecule has 1 saturated carbocycles. The standard InChI is InChI=1S/C34H43N5O3S/c1-24(14-11-12-17-25-15-5-2-6-16-25)31(40)35-30(27-20-9-4-10-21-27)34(42)39-23-13-22-28(39)32(41)36-33-29(37-38-43-33)26-18-7-3-8-19-26/h2-3,5-8,15-16,18-19,24,27-28,30H,4,9-14,17,20-23H2,1H3,(H,35,40)(H,36,41)/t24?,28-,30-/m0/s1. The number of anilines is 1. The van der Waals surface area contributed by atoms with E-state index in [1.165, 1.54) is 5.56 Å². The van der Waals surface area contributed by atoms with Gasteiger partial charge < -0.3 is 15.5 Å². The molecule has 0 spiro atoms. The number of aromatic nitrogens is 2. The molecule has 0 radical (unpaired) electrons. The van der Waals surface area contributed by atoms with Crippen LogP contribution in [-0.4, -0.2) is 50.8 Å². The lowest BCUT2D eigenvalue weighted by Gasteiger charge is -2.35. The molecule has 9 heteroatoms. The zero-order valence-corrected chi connectivity index (χ0v) is 25.9. The maximum absolute atomic E-state index is 14.1. The van der Waals surface area contributed by atoms with E-state index in [0.717, 1.165) is 81.3 Å². The smallest absolute Gasteiger partial charge is 0.247 e. The van der Waals surface area contributed by atoms with Gasteiger partial charge in [-0.2, -0.15) is 0 Å². The lowest BCUT2D eigenvalue weighted by atomic mass is 9.83. The first kappa shape index (κ1) is 30.9. The Morgan fingerprint density at radius 3 is 2.40 bits per heavy atom. The highest BCUT2D eigenvalue weighted by Crippen LogP contribution is 2.32. The summed E-state index contributed by atoms with van der Waals surface area (Å²) in [6, 6.07) is 18.9. The van der Waals surface area contributed by atoms with E-state index in [1.54, 1.807) is 4.90 Å². The highest BCUT2D eigenvalue weighted by Gasteiger charge is 2.41. The SMILES string of the molecule is CC(CCCCc1ccccc1)C(=O)N[C@H](C(=O)N1CCC[C@H]1C(=O)Nc1snnc1-c1ccccc1)C1CCCCC1. The van der Waals surface area contributed by atoms with Crippen LogP contribution in [0.3, 0.4) is 0 Å². The number of hydrogen-bond acceptors (Lipinski definition) is 6. The quantitative estimate of drug-likeness (QED) is 0.239. The molecule has 5 rings (SSSR count). The number of unbranched alkanes of at least 4 members (excludes halogenated alkanes) is 1. The van der Waals surface area contributed by atoms with Crippen molar-refractivity contribution in [2.75, 3.05) is 11.9 Å². The van der Waals surface area contributed by atoms with Crippen molar-refractivity contribution in [2.24, 2.45) is 11.8 Å². The summed E-state index contributed by atoms with van der Waals surface area (Å²) in [4.78, 5) is 42.8. The van der Waals surface area contributed by atoms with E-state index >= 15 is 0 Å². The number of nitrogens with zero attached hydrogens (tertiary/aromatic N) is 3. The molecule has 3 atom stereocenters. The Balaban J connectivity index is 1.22. The van der Waals surface area contributed by atoms with Crippen LogP contribution in [0, 0.1) is 11.8 Å². The molecule has 8 nitrogen and oxygen atoms in total. The van der Waals surface area contributed by atoms with Crippen molar-refractivity contribution in [1.29, 1.82) is 0 Å². The van der Waals surface area contributed by atoms with E-state index in [0.29, 0.717) is 23.7 Å². The number of amides is 3. The van der Waals surface area contributed by atoms with Gasteiger partial charge in [-0.1, -0.05) is 97.8 Å². The third-order valence-corrected chi connectivity index (χ3v) is 9.58. The van der Waals surface area contributed by atoms with Crippen LogP contribution in [0.1, 0.15) is 76.7 Å². The van der Waals surface area contributed by atoms with Gasteiger partial charge in [-0.15, -0.1) is 5.10 Å². The molecule has 2 N–H and O–H groups in total. The Morgan fingerprint density at radius 1 is 0.930 bits per heavy atom. The summed E-state index contributed by atoms with van der Waals surface area (Å²) in [6.45, 7) is 2.47. The number of nitrogens with one attached hydrogen (secondary N) is 2. The van der Waals surface area contributed by atoms with Crippen molar-refractivity contribution >= 4 is 34.3 Å². The Kier molecular flexibility index (Phi) is 10.9. The molecule has 0 bridgehead atoms. The number of benzene rings is 2. The van der Waals surface area contributed by atoms with Crippen LogP contribution in [0.25, 0.3) is 11.3 Å². The zero-order chi connectivity index (χ0) is 30.0. The van der Waals surface area contributed by atoms with Gasteiger partial charge in [0, 0.05) is 29.6 Å². The molecular weight excluding hydrogens is 558 g/mol. The van der Waals surface area contributed by atoms with Crippen molar-refractivity contribution in [1.82, 2.24) is 19.8 Å². The third-order valence-electron chi connectivity index (χ3n) is 8.94. The first-order chi connectivity index (χ1) is 21.0. The minimum absolute atomic E-state index is 0.0629. The fourth-order valence-corrected chi connectivity index (χ4v) is 7.03. The van der Waals surface area contributed by atoms with E-state index in [9.17, 15) is 14.4 Å². The van der Waals surface area contributed by atoms with Crippen LogP contribution < -0.4 is 10.6 Å². The topological polar surface area (TPSA) is 104 Å². The van der Waals surface area contributed by atoms with Crippen molar-refractivity contribution in [2.45, 2.75) is 89.6 Å². The normalized spacial score (nSPS) is 18.6. The number of rotatable bonds is 12. The molecule has 1 aliphatic carbocycles. The average molecular weight is 602 g/mol. The van der Waals surface area contributed by atoms with Gasteiger partial charge in [0.05, 0.1) is 0 Å². The summed E-state index contributed by atoms with van der Waals surface area (Å²) in [6.07, 6.45) is 10.2. The minimum atomic E-state index is -0.599. The largest absolute Gasteiger partial charge is 0.344 e. The second kappa shape index (κ2) is 15.2. The van der Waals surface area contributed by atoms with E-state index in [-0.39, 0.29) is 29.6 Å². The number of aryl methyl sites for hydroxylation is 1. The van der Waals surface area contributed by atoms with Crippen molar-refractivity contribution in [3.63, 3.8) is 0 Å². The zero-order valence-electron chi connectivity index (χ0n) is 25.0. The summed E-state index contributed by atoms with van der Waals surface area (Å²) >= 11 is 1.13. The molecule has 1 saturated heterocycles. The second-order valence-corrected chi connectivity index (χ2v) is 12.8. The Morgan fingerprint density at radius 2 is 1.65 bits per heavy atom. The molecule has 3 aromatic rings. The van der Waals surface area contributed by atoms with Gasteiger partial charge in [0.2, 0.25) is 17.7 Å². The fraction of sp³-hybridized carbons (Fsp3) is 0.500. The minimum Gasteiger partial charge on any atom is -0.344 e. The van der Waals surface area contributed by atoms with Gasteiger partial charge in [-0.05, 0) is 56.4 Å². The summed E-state index contributed by atoms with van der Waals surface area (Å²) < 4.78 is 4.06. The number of likely N-dealkylation sites (tertiary alicyclic amines) is 1. The molecule has 2 heterocycles. The second-order valence-electron chi connectivity index (χ2n) is 12.0. The Labute approximate surface area is 258 Å². The molecule has 3 amide bonds. The molecule has 1 aromatic heterocycles. The van der Waals surface area contributed by atoms with Crippen LogP contribution in [0.15, 0.2) is 60.7 Å². The van der Waals surface area contributed by atoms with Crippen LogP contribution >= 0.6 is 11.5 Å². The molecule has 2 aromatic carbocycles. The van der Waals surface area contributed by atoms with Gasteiger partial charge in [0.25, 0.3) is 0 Å². The van der Waals surface area contributed by atoms with Gasteiger partial charge in [-0.3, -0.25) is 14.4 Å². The first-order valence-corrected chi connectivity index (χ1v) is 16.6. The number of hydrogen-bond donors (Lipinski definition) is 2. The lowest BCUT2D eigenvalue weighted by molar-refractivity contribution is -0.142. The summed E-state index contributed by atoms with van der Waals surface area (Å²) in [7, 11) is 0. The highest BCUT2D eigenvalue weighted by atomic mass is 32.1. The molecule has 1 unspecified atom stereocenters. The first-order valence-electron chi connectivity index (χ1n) is 15.8. The predicted octanol–water partition coefficient (Wildman–Crippen LogP) is 6.25. The number of carbonyl (C=O) groups excluding carboxylic acids is 3. The number of carbonyl (C=O) groups is 3. The van der Waals surface area contributed by atoms with Gasteiger partial charge >= 0.3 is 0 Å². The van der Waals surface area contributed by atoms with Gasteiger partial charge in [-0.25, -0.2) is 0 Å². The van der Waals surface area contributed by atoms with Crippen molar-refractivity contribution in [3.05, 3.63) is 66.2 Å². The summed E-state index contributed by atoms with van der Waals surface area (Å²) in [5.41, 5.74) is 2.81. The Hall–Kier alpha value is -3.59. The summed E-state index contributed by atoms with van der Waals surface area (Å²) in [5.74, 6) is -0.501. The fourth-order valence-electron chi connectivity index (χ4n) is 6.43. The predicted molar refractivity (Wildman–Crippen MR) is 170 cm³/mol. The monoisotopic (exact) mass is 601 g/mol. The third kappa shape index (κ3) is 8.07. The maximum Gasteiger partial charge on any atom is 0.247 e. The molecule has 2 aliphatic rings. The van der Waals surface area contributed by atoms with Gasteiger partial charge in [0.1, 0.15) is 22.8 Å². The van der Waals surface area contributed by atoms with E-state index < -0.39 is 12.1 Å². The van der Waals surface area contributed by atoms with Crippen LogP contribution in [0.4, 0.5) is 5.00 Å². The van der Waals surface area contributed by atoms with Crippen LogP contribution in [-0.2, 0) is 20.8 Å². The van der Waals surface area contributed by atoms with Crippen molar-refractivity contribution < 1.29 is 14.4 Å². The van der Waals surface area contributed by atoms with Crippen LogP contribution in [0.2, 0.25) is 0 Å². The van der Waals surface area contributed by atoms with Crippen LogP contribution in [0.5, 0.6) is 0 Å². The van der Waals surface area contributed by atoms with E-state index in [1.807, 2.05) is 43.3 Å². The molecule has 1 aliphatic heterocycles. The molecule has 2 fully saturated rings. The summed E-state index contributed by atoms with van der Waals surface area (Å²) in [5, 5.41) is 11.0.